The van der Waals surface area contributed by atoms with Gasteiger partial charge in [-0.1, -0.05) is 78.4 Å². The molecule has 2 atom stereocenters. The number of nitrogens with one attached hydrogen (secondary N) is 2. The van der Waals surface area contributed by atoms with Crippen LogP contribution in [0.15, 0.2) is 72.8 Å². The van der Waals surface area contributed by atoms with Crippen LogP contribution in [0.2, 0.25) is 0 Å². The highest BCUT2D eigenvalue weighted by Gasteiger charge is 2.36. The lowest BCUT2D eigenvalue weighted by Crippen LogP contribution is -2.53. The van der Waals surface area contributed by atoms with Crippen LogP contribution in [-0.2, 0) is 32.1 Å². The number of Topliss-reactive ketones (excluding diaryl/α,β-unsaturated/α-hetero) is 1. The second-order valence-corrected chi connectivity index (χ2v) is 10.7. The molecule has 0 unspecified atom stereocenters. The number of aryl methyl sites for hydroxylation is 3. The van der Waals surface area contributed by atoms with Crippen molar-refractivity contribution in [1.29, 1.82) is 0 Å². The number of amides is 2. The predicted molar refractivity (Wildman–Crippen MR) is 168 cm³/mol. The molecular weight excluding hydrogens is 574 g/mol. The maximum Gasteiger partial charge on any atom is 0.528 e. The first-order chi connectivity index (χ1) is 21.6. The summed E-state index contributed by atoms with van der Waals surface area (Å²) in [5.41, 5.74) is 19.3. The highest BCUT2D eigenvalue weighted by atomic mass is 16.6. The minimum absolute atomic E-state index is 0.00578. The van der Waals surface area contributed by atoms with Crippen molar-refractivity contribution in [2.75, 3.05) is 6.54 Å². The number of esters is 1. The molecule has 3 aromatic carbocycles. The van der Waals surface area contributed by atoms with Gasteiger partial charge in [-0.25, -0.2) is 9.59 Å². The lowest BCUT2D eigenvalue weighted by Gasteiger charge is -2.22. The van der Waals surface area contributed by atoms with Crippen LogP contribution in [0.3, 0.4) is 0 Å². The van der Waals surface area contributed by atoms with Crippen LogP contribution in [0.25, 0.3) is 5.53 Å². The van der Waals surface area contributed by atoms with Gasteiger partial charge in [-0.3, -0.25) is 9.59 Å². The van der Waals surface area contributed by atoms with Crippen molar-refractivity contribution in [3.05, 3.63) is 112 Å². The Morgan fingerprint density at radius 3 is 2.02 bits per heavy atom. The van der Waals surface area contributed by atoms with Crippen LogP contribution in [0.4, 0.5) is 4.79 Å². The number of hydrogen-bond acceptors (Lipinski definition) is 7. The second kappa shape index (κ2) is 17.2. The summed E-state index contributed by atoms with van der Waals surface area (Å²) in [7, 11) is 0. The highest BCUT2D eigenvalue weighted by Crippen LogP contribution is 2.18. The van der Waals surface area contributed by atoms with Crippen molar-refractivity contribution >= 4 is 29.7 Å². The van der Waals surface area contributed by atoms with Gasteiger partial charge in [-0.05, 0) is 68.8 Å². The lowest BCUT2D eigenvalue weighted by molar-refractivity contribution is -0.129. The summed E-state index contributed by atoms with van der Waals surface area (Å²) in [5.74, 6) is -3.34. The molecule has 0 heterocycles. The van der Waals surface area contributed by atoms with E-state index in [0.29, 0.717) is 30.5 Å². The average molecular weight is 614 g/mol. The van der Waals surface area contributed by atoms with Crippen LogP contribution in [0.1, 0.15) is 57.4 Å². The van der Waals surface area contributed by atoms with Crippen LogP contribution in [0.5, 0.6) is 0 Å². The monoisotopic (exact) mass is 613 g/mol. The summed E-state index contributed by atoms with van der Waals surface area (Å²) in [6.07, 6.45) is 0.364. The number of unbranched alkanes of at least 4 members (excludes halogenated alkanes) is 1. The molecule has 3 aromatic rings. The largest absolute Gasteiger partial charge is 0.528 e. The first kappa shape index (κ1) is 34.4. The van der Waals surface area contributed by atoms with Crippen molar-refractivity contribution in [2.45, 2.75) is 65.1 Å². The van der Waals surface area contributed by atoms with E-state index in [2.05, 4.69) is 15.4 Å². The van der Waals surface area contributed by atoms with Gasteiger partial charge in [0, 0.05) is 6.42 Å². The lowest BCUT2D eigenvalue weighted by atomic mass is 10.00. The Bertz CT molecular complexity index is 1510. The Morgan fingerprint density at radius 1 is 0.844 bits per heavy atom. The summed E-state index contributed by atoms with van der Waals surface area (Å²) in [6.45, 7) is 5.69. The molecule has 0 saturated carbocycles. The van der Waals surface area contributed by atoms with Gasteiger partial charge in [0.2, 0.25) is 5.91 Å². The van der Waals surface area contributed by atoms with Crippen LogP contribution in [0, 0.1) is 20.8 Å². The summed E-state index contributed by atoms with van der Waals surface area (Å²) >= 11 is 0. The molecule has 2 amide bonds. The van der Waals surface area contributed by atoms with E-state index in [1.807, 2.05) is 31.2 Å². The van der Waals surface area contributed by atoms with Gasteiger partial charge in [-0.15, -0.1) is 4.79 Å². The molecule has 0 spiro atoms. The third-order valence-corrected chi connectivity index (χ3v) is 7.06. The van der Waals surface area contributed by atoms with Crippen molar-refractivity contribution in [3.8, 4) is 0 Å². The zero-order valence-electron chi connectivity index (χ0n) is 25.7. The standard InChI is InChI=1S/C34H39N5O6/c1-22-18-23(2)29(24(3)19-22)33(42)45-32(39-36)30(40)27(16-10-11-17-35)37-31(41)28(20-25-12-6-4-7-13-25)38-34(43)44-21-26-14-8-5-9-15-26/h4-9,12-15,18-19,27-28H,10-11,16-17,20-21,35H2,1-3H3,(H,37,41)(H,38,43)/t27-,28-/m0/s1. The Balaban J connectivity index is 1.79. The number of benzene rings is 3. The smallest absolute Gasteiger partial charge is 0.445 e. The summed E-state index contributed by atoms with van der Waals surface area (Å²) in [4.78, 5) is 55.9. The zero-order valence-corrected chi connectivity index (χ0v) is 25.7. The molecule has 0 saturated heterocycles. The molecule has 0 fully saturated rings. The Kier molecular flexibility index (Phi) is 13.2. The molecule has 0 aliphatic heterocycles. The molecule has 3 rings (SSSR count). The van der Waals surface area contributed by atoms with Gasteiger partial charge in [0.05, 0.1) is 5.56 Å². The number of hydrogen-bond donors (Lipinski definition) is 3. The van der Waals surface area contributed by atoms with Crippen molar-refractivity contribution in [3.63, 3.8) is 0 Å². The summed E-state index contributed by atoms with van der Waals surface area (Å²) in [5, 5.41) is 5.24. The van der Waals surface area contributed by atoms with E-state index in [-0.39, 0.29) is 25.0 Å². The second-order valence-electron chi connectivity index (χ2n) is 10.7. The normalized spacial score (nSPS) is 11.8. The number of nitrogens with two attached hydrogens (primary N) is 1. The molecule has 236 valence electrons. The van der Waals surface area contributed by atoms with Crippen molar-refractivity contribution < 1.29 is 33.4 Å². The first-order valence-electron chi connectivity index (χ1n) is 14.7. The number of carbonyl (C=O) groups excluding carboxylic acids is 4. The molecule has 0 aromatic heterocycles. The van der Waals surface area contributed by atoms with E-state index in [1.165, 1.54) is 0 Å². The summed E-state index contributed by atoms with van der Waals surface area (Å²) < 4.78 is 10.6. The van der Waals surface area contributed by atoms with Gasteiger partial charge in [-0.2, -0.15) is 0 Å². The maximum absolute atomic E-state index is 13.6. The molecule has 4 N–H and O–H groups in total. The van der Waals surface area contributed by atoms with E-state index in [1.54, 1.807) is 62.4 Å². The molecular formula is C34H39N5O6. The van der Waals surface area contributed by atoms with E-state index >= 15 is 0 Å². The molecule has 11 nitrogen and oxygen atoms in total. The van der Waals surface area contributed by atoms with Gasteiger partial charge >= 0.3 is 23.7 Å². The fraction of sp³-hybridized carbons (Fsp3) is 0.324. The number of alkyl carbamates (subject to hydrolysis) is 1. The maximum atomic E-state index is 13.6. The van der Waals surface area contributed by atoms with Crippen molar-refractivity contribution in [1.82, 2.24) is 10.6 Å². The fourth-order valence-electron chi connectivity index (χ4n) is 4.91. The van der Waals surface area contributed by atoms with Crippen molar-refractivity contribution in [2.24, 2.45) is 5.73 Å². The quantitative estimate of drug-likeness (QED) is 0.0612. The topological polar surface area (TPSA) is 173 Å². The summed E-state index contributed by atoms with van der Waals surface area (Å²) in [6, 6.07) is 19.3. The van der Waals surface area contributed by atoms with E-state index < -0.39 is 41.7 Å². The zero-order chi connectivity index (χ0) is 32.8. The van der Waals surface area contributed by atoms with E-state index in [9.17, 15) is 24.7 Å². The van der Waals surface area contributed by atoms with E-state index in [4.69, 9.17) is 15.2 Å². The van der Waals surface area contributed by atoms with Crippen LogP contribution < -0.4 is 16.4 Å². The molecule has 0 aliphatic rings. The van der Waals surface area contributed by atoms with Gasteiger partial charge in [0.25, 0.3) is 0 Å². The number of ether oxygens (including phenoxy) is 2. The number of carbonyl (C=O) groups is 4. The van der Waals surface area contributed by atoms with Crippen LogP contribution in [-0.4, -0.2) is 53.1 Å². The minimum Gasteiger partial charge on any atom is -0.445 e. The van der Waals surface area contributed by atoms with Gasteiger partial charge in [0.15, 0.2) is 0 Å². The molecule has 0 bridgehead atoms. The molecule has 0 radical (unpaired) electrons. The van der Waals surface area contributed by atoms with Crippen LogP contribution >= 0.6 is 0 Å². The first-order valence-corrected chi connectivity index (χ1v) is 14.7. The molecule has 45 heavy (non-hydrogen) atoms. The Hall–Kier alpha value is -5.12. The Morgan fingerprint density at radius 2 is 1.44 bits per heavy atom. The third kappa shape index (κ3) is 10.5. The molecule has 0 aliphatic carbocycles. The van der Waals surface area contributed by atoms with E-state index in [0.717, 1.165) is 16.7 Å². The van der Waals surface area contributed by atoms with Gasteiger partial charge in [0.1, 0.15) is 18.7 Å². The Labute approximate surface area is 262 Å². The number of rotatable bonds is 14. The van der Waals surface area contributed by atoms with Gasteiger partial charge < -0.3 is 31.4 Å². The minimum atomic E-state index is -1.25. The number of ketones is 1. The third-order valence-electron chi connectivity index (χ3n) is 7.06. The fourth-order valence-corrected chi connectivity index (χ4v) is 4.91. The number of nitrogens with zero attached hydrogens (tertiary/aromatic N) is 2. The average Bonchev–Trinajstić information content (AvgIpc) is 3.02. The molecule has 11 heteroatoms. The SMILES string of the molecule is Cc1cc(C)c(C(=O)OC(=[N+]=[N-])C(=O)[C@H](CCCCN)NC(=O)[C@H](Cc2ccccc2)NC(=O)OCc2ccccc2)c(C)c1. The highest BCUT2D eigenvalue weighted by molar-refractivity contribution is 6.38. The predicted octanol–water partition coefficient (Wildman–Crippen LogP) is 4.12.